The molecule has 0 N–H and O–H groups in total. The van der Waals surface area contributed by atoms with Crippen LogP contribution in [0, 0.1) is 6.92 Å². The number of fused-ring (bicyclic) bond motifs is 1. The number of benzene rings is 1. The highest BCUT2D eigenvalue weighted by Gasteiger charge is 2.44. The summed E-state index contributed by atoms with van der Waals surface area (Å²) >= 11 is 12.2. The zero-order valence-electron chi connectivity index (χ0n) is 14.7. The quantitative estimate of drug-likeness (QED) is 0.722. The average molecular weight is 406 g/mol. The molecule has 2 aliphatic heterocycles. The van der Waals surface area contributed by atoms with Crippen molar-refractivity contribution in [3.8, 4) is 5.75 Å². The van der Waals surface area contributed by atoms with Crippen LogP contribution in [0.5, 0.6) is 5.75 Å². The molecule has 2 aliphatic rings. The van der Waals surface area contributed by atoms with Crippen LogP contribution >= 0.6 is 23.2 Å². The third-order valence-corrected chi connectivity index (χ3v) is 5.57. The van der Waals surface area contributed by atoms with Crippen molar-refractivity contribution in [1.29, 1.82) is 0 Å². The number of aryl methyl sites for hydroxylation is 1. The number of aromatic nitrogens is 2. The molecular weight excluding hydrogens is 389 g/mol. The van der Waals surface area contributed by atoms with Gasteiger partial charge in [0.25, 0.3) is 5.91 Å². The van der Waals surface area contributed by atoms with Crippen LogP contribution in [0.1, 0.15) is 45.8 Å². The summed E-state index contributed by atoms with van der Waals surface area (Å²) in [5.41, 5.74) is 0.859. The molecule has 8 heteroatoms. The number of amides is 1. The van der Waals surface area contributed by atoms with Crippen molar-refractivity contribution in [2.75, 3.05) is 13.1 Å². The number of hydrogen-bond donors (Lipinski definition) is 0. The summed E-state index contributed by atoms with van der Waals surface area (Å²) in [6.07, 6.45) is 4.40. The lowest BCUT2D eigenvalue weighted by Gasteiger charge is -2.44. The summed E-state index contributed by atoms with van der Waals surface area (Å²) in [5.74, 6) is 0.191. The van der Waals surface area contributed by atoms with E-state index < -0.39 is 5.60 Å². The number of Topliss-reactive ketones (excluding diaryl/α,β-unsaturated/α-hetero) is 1. The highest BCUT2D eigenvalue weighted by Crippen LogP contribution is 2.44. The largest absolute Gasteiger partial charge is 0.484 e. The van der Waals surface area contributed by atoms with Gasteiger partial charge in [0.2, 0.25) is 0 Å². The predicted octanol–water partition coefficient (Wildman–Crippen LogP) is 3.73. The lowest BCUT2D eigenvalue weighted by atomic mass is 9.82. The van der Waals surface area contributed by atoms with E-state index in [0.29, 0.717) is 53.0 Å². The number of piperidine rings is 1. The Morgan fingerprint density at radius 1 is 1.19 bits per heavy atom. The first-order valence-electron chi connectivity index (χ1n) is 8.66. The van der Waals surface area contributed by atoms with Crippen molar-refractivity contribution >= 4 is 34.9 Å². The van der Waals surface area contributed by atoms with E-state index in [1.807, 2.05) is 6.92 Å². The average Bonchev–Trinajstić information content (AvgIpc) is 2.64. The summed E-state index contributed by atoms with van der Waals surface area (Å²) in [5, 5.41) is 0.740. The van der Waals surface area contributed by atoms with Gasteiger partial charge in [-0.1, -0.05) is 23.2 Å². The molecule has 4 rings (SSSR count). The minimum Gasteiger partial charge on any atom is -0.484 e. The number of likely N-dealkylation sites (tertiary alicyclic amines) is 1. The third kappa shape index (κ3) is 3.39. The zero-order valence-corrected chi connectivity index (χ0v) is 16.2. The molecule has 1 saturated heterocycles. The fourth-order valence-electron chi connectivity index (χ4n) is 3.57. The SMILES string of the molecule is Cc1cnc(C(=O)N2CCC3(CC2)CC(=O)c2cc(Cl)cc(Cl)c2O3)cn1. The highest BCUT2D eigenvalue weighted by molar-refractivity contribution is 6.36. The first-order chi connectivity index (χ1) is 12.9. The Balaban J connectivity index is 1.51. The molecule has 6 nitrogen and oxygen atoms in total. The number of carbonyl (C=O) groups is 2. The molecule has 0 radical (unpaired) electrons. The van der Waals surface area contributed by atoms with Crippen molar-refractivity contribution < 1.29 is 14.3 Å². The normalized spacial score (nSPS) is 18.2. The van der Waals surface area contributed by atoms with Crippen molar-refractivity contribution in [2.45, 2.75) is 31.8 Å². The summed E-state index contributed by atoms with van der Waals surface area (Å²) in [4.78, 5) is 35.2. The Labute approximate surface area is 166 Å². The van der Waals surface area contributed by atoms with E-state index in [-0.39, 0.29) is 18.1 Å². The van der Waals surface area contributed by atoms with Crippen LogP contribution in [0.15, 0.2) is 24.5 Å². The second-order valence-corrected chi connectivity index (χ2v) is 7.83. The van der Waals surface area contributed by atoms with Gasteiger partial charge >= 0.3 is 0 Å². The van der Waals surface area contributed by atoms with Crippen molar-refractivity contribution in [3.63, 3.8) is 0 Å². The van der Waals surface area contributed by atoms with Crippen LogP contribution in [-0.4, -0.2) is 45.2 Å². The molecule has 1 aromatic heterocycles. The number of carbonyl (C=O) groups excluding carboxylic acids is 2. The Bertz CT molecular complexity index is 923. The van der Waals surface area contributed by atoms with E-state index in [2.05, 4.69) is 9.97 Å². The molecule has 27 heavy (non-hydrogen) atoms. The van der Waals surface area contributed by atoms with Crippen molar-refractivity contribution in [2.24, 2.45) is 0 Å². The molecule has 2 aromatic rings. The number of ether oxygens (including phenoxy) is 1. The maximum atomic E-state index is 12.6. The van der Waals surface area contributed by atoms with Crippen LogP contribution in [0.4, 0.5) is 0 Å². The van der Waals surface area contributed by atoms with Crippen LogP contribution in [0.2, 0.25) is 10.0 Å². The number of ketones is 1. The molecule has 0 bridgehead atoms. The van der Waals surface area contributed by atoms with E-state index in [4.69, 9.17) is 27.9 Å². The molecule has 1 fully saturated rings. The molecule has 0 unspecified atom stereocenters. The molecule has 1 amide bonds. The fraction of sp³-hybridized carbons (Fsp3) is 0.368. The topological polar surface area (TPSA) is 72.4 Å². The van der Waals surface area contributed by atoms with Crippen LogP contribution in [0.25, 0.3) is 0 Å². The van der Waals surface area contributed by atoms with E-state index in [1.165, 1.54) is 6.20 Å². The molecule has 1 aromatic carbocycles. The van der Waals surface area contributed by atoms with Gasteiger partial charge in [-0.3, -0.25) is 14.6 Å². The minimum absolute atomic E-state index is 0.0372. The van der Waals surface area contributed by atoms with E-state index in [0.717, 1.165) is 5.69 Å². The van der Waals surface area contributed by atoms with Gasteiger partial charge in [-0.15, -0.1) is 0 Å². The first kappa shape index (κ1) is 18.2. The summed E-state index contributed by atoms with van der Waals surface area (Å²) in [6.45, 7) is 2.77. The van der Waals surface area contributed by atoms with Crippen molar-refractivity contribution in [1.82, 2.24) is 14.9 Å². The van der Waals surface area contributed by atoms with Gasteiger partial charge in [0.15, 0.2) is 5.78 Å². The van der Waals surface area contributed by atoms with Gasteiger partial charge in [-0.25, -0.2) is 4.98 Å². The number of halogens is 2. The lowest BCUT2D eigenvalue weighted by molar-refractivity contribution is -0.00579. The predicted molar refractivity (Wildman–Crippen MR) is 101 cm³/mol. The second kappa shape index (κ2) is 6.77. The van der Waals surface area contributed by atoms with Gasteiger partial charge in [0, 0.05) is 37.2 Å². The number of nitrogens with zero attached hydrogens (tertiary/aromatic N) is 3. The highest BCUT2D eigenvalue weighted by atomic mass is 35.5. The Hall–Kier alpha value is -2.18. The van der Waals surface area contributed by atoms with Gasteiger partial charge in [0.05, 0.1) is 28.9 Å². The first-order valence-corrected chi connectivity index (χ1v) is 9.42. The van der Waals surface area contributed by atoms with Crippen LogP contribution in [0.3, 0.4) is 0 Å². The van der Waals surface area contributed by atoms with Gasteiger partial charge in [-0.2, -0.15) is 0 Å². The number of hydrogen-bond acceptors (Lipinski definition) is 5. The number of rotatable bonds is 1. The molecule has 0 saturated carbocycles. The second-order valence-electron chi connectivity index (χ2n) is 6.98. The maximum absolute atomic E-state index is 12.6. The van der Waals surface area contributed by atoms with Crippen LogP contribution in [-0.2, 0) is 0 Å². The van der Waals surface area contributed by atoms with Gasteiger partial charge in [0.1, 0.15) is 17.0 Å². The summed E-state index contributed by atoms with van der Waals surface area (Å²) in [7, 11) is 0. The standard InChI is InChI=1S/C19H17Cl2N3O3/c1-11-9-23-15(10-22-11)18(26)24-4-2-19(3-5-24)8-16(25)13-6-12(20)7-14(21)17(13)27-19/h6-7,9-10H,2-5,8H2,1H3. The molecule has 3 heterocycles. The summed E-state index contributed by atoms with van der Waals surface area (Å²) < 4.78 is 6.19. The monoisotopic (exact) mass is 405 g/mol. The van der Waals surface area contributed by atoms with E-state index in [1.54, 1.807) is 23.2 Å². The van der Waals surface area contributed by atoms with E-state index >= 15 is 0 Å². The van der Waals surface area contributed by atoms with Crippen LogP contribution < -0.4 is 4.74 Å². The van der Waals surface area contributed by atoms with Gasteiger partial charge < -0.3 is 9.64 Å². The smallest absolute Gasteiger partial charge is 0.274 e. The minimum atomic E-state index is -0.642. The molecule has 0 aliphatic carbocycles. The molecule has 140 valence electrons. The molecular formula is C19H17Cl2N3O3. The van der Waals surface area contributed by atoms with E-state index in [9.17, 15) is 9.59 Å². The third-order valence-electron chi connectivity index (χ3n) is 5.07. The maximum Gasteiger partial charge on any atom is 0.274 e. The Morgan fingerprint density at radius 3 is 2.59 bits per heavy atom. The lowest BCUT2D eigenvalue weighted by Crippen LogP contribution is -2.52. The Kier molecular flexibility index (Phi) is 4.56. The fourth-order valence-corrected chi connectivity index (χ4v) is 4.10. The van der Waals surface area contributed by atoms with Crippen molar-refractivity contribution in [3.05, 3.63) is 51.5 Å². The molecule has 0 atom stereocenters. The molecule has 1 spiro atoms. The Morgan fingerprint density at radius 2 is 1.93 bits per heavy atom. The summed E-state index contributed by atoms with van der Waals surface area (Å²) in [6, 6.07) is 3.16. The van der Waals surface area contributed by atoms with Gasteiger partial charge in [-0.05, 0) is 19.1 Å². The zero-order chi connectivity index (χ0) is 19.2.